The molecule has 0 bridgehead atoms. The van der Waals surface area contributed by atoms with Gasteiger partial charge < -0.3 is 11.1 Å². The zero-order valence-electron chi connectivity index (χ0n) is 11.1. The maximum absolute atomic E-state index is 12.3. The van der Waals surface area contributed by atoms with Gasteiger partial charge in [-0.15, -0.1) is 0 Å². The fourth-order valence-corrected chi connectivity index (χ4v) is 2.26. The molecule has 0 unspecified atom stereocenters. The fourth-order valence-electron chi connectivity index (χ4n) is 1.84. The highest BCUT2D eigenvalue weighted by Crippen LogP contribution is 2.29. The molecule has 2 aromatic carbocycles. The molecular weight excluding hydrogens is 295 g/mol. The minimum atomic E-state index is -0.335. The van der Waals surface area contributed by atoms with E-state index in [0.29, 0.717) is 5.69 Å². The third kappa shape index (κ3) is 3.06. The summed E-state index contributed by atoms with van der Waals surface area (Å²) in [5.74, 6) is -0.335. The Hall–Kier alpha value is -1.71. The molecule has 2 aromatic rings. The van der Waals surface area contributed by atoms with Crippen LogP contribution in [0.1, 0.15) is 21.5 Å². The number of hydrogen-bond acceptors (Lipinski definition) is 2. The maximum atomic E-state index is 12.3. The first-order valence-corrected chi connectivity index (χ1v) is 6.77. The number of benzene rings is 2. The van der Waals surface area contributed by atoms with E-state index in [1.807, 2.05) is 32.0 Å². The number of aryl methyl sites for hydroxylation is 2. The molecule has 3 N–H and O–H groups in total. The first-order chi connectivity index (χ1) is 9.38. The van der Waals surface area contributed by atoms with Crippen molar-refractivity contribution >= 4 is 40.5 Å². The van der Waals surface area contributed by atoms with Crippen molar-refractivity contribution in [2.45, 2.75) is 13.8 Å². The molecule has 0 aliphatic carbocycles. The number of nitrogens with two attached hydrogens (primary N) is 1. The molecule has 3 nitrogen and oxygen atoms in total. The van der Waals surface area contributed by atoms with Gasteiger partial charge in [-0.2, -0.15) is 0 Å². The smallest absolute Gasteiger partial charge is 0.257 e. The largest absolute Gasteiger partial charge is 0.399 e. The van der Waals surface area contributed by atoms with Crippen LogP contribution in [0, 0.1) is 13.8 Å². The summed E-state index contributed by atoms with van der Waals surface area (Å²) in [6, 6.07) is 8.84. The SMILES string of the molecule is Cc1ccc(C)c(NC(=O)c2cc(N)cc(Cl)c2Cl)c1. The Bertz CT molecular complexity index is 684. The monoisotopic (exact) mass is 308 g/mol. The van der Waals surface area contributed by atoms with Crippen molar-refractivity contribution in [1.82, 2.24) is 0 Å². The van der Waals surface area contributed by atoms with E-state index in [-0.39, 0.29) is 21.5 Å². The van der Waals surface area contributed by atoms with Crippen molar-refractivity contribution in [2.24, 2.45) is 0 Å². The van der Waals surface area contributed by atoms with Gasteiger partial charge in [-0.1, -0.05) is 35.3 Å². The number of rotatable bonds is 2. The van der Waals surface area contributed by atoms with Crippen LogP contribution >= 0.6 is 23.2 Å². The highest BCUT2D eigenvalue weighted by Gasteiger charge is 2.15. The molecule has 20 heavy (non-hydrogen) atoms. The molecule has 0 aliphatic rings. The van der Waals surface area contributed by atoms with Crippen molar-refractivity contribution in [2.75, 3.05) is 11.1 Å². The zero-order chi connectivity index (χ0) is 14.9. The summed E-state index contributed by atoms with van der Waals surface area (Å²) in [7, 11) is 0. The molecule has 0 radical (unpaired) electrons. The predicted octanol–water partition coefficient (Wildman–Crippen LogP) is 4.44. The topological polar surface area (TPSA) is 55.1 Å². The van der Waals surface area contributed by atoms with Gasteiger partial charge in [0.25, 0.3) is 5.91 Å². The number of hydrogen-bond donors (Lipinski definition) is 2. The molecule has 5 heteroatoms. The second-order valence-electron chi connectivity index (χ2n) is 4.64. The molecule has 0 fully saturated rings. The van der Waals surface area contributed by atoms with Crippen LogP contribution < -0.4 is 11.1 Å². The summed E-state index contributed by atoms with van der Waals surface area (Å²) >= 11 is 12.0. The van der Waals surface area contributed by atoms with Gasteiger partial charge in [0.05, 0.1) is 15.6 Å². The van der Waals surface area contributed by atoms with Gasteiger partial charge in [0.2, 0.25) is 0 Å². The van der Waals surface area contributed by atoms with Gasteiger partial charge >= 0.3 is 0 Å². The summed E-state index contributed by atoms with van der Waals surface area (Å²) < 4.78 is 0. The van der Waals surface area contributed by atoms with Crippen LogP contribution in [0.3, 0.4) is 0 Å². The molecule has 0 aromatic heterocycles. The van der Waals surface area contributed by atoms with Crippen LogP contribution in [0.4, 0.5) is 11.4 Å². The average molecular weight is 309 g/mol. The quantitative estimate of drug-likeness (QED) is 0.806. The van der Waals surface area contributed by atoms with Crippen molar-refractivity contribution in [1.29, 1.82) is 0 Å². The van der Waals surface area contributed by atoms with E-state index in [0.717, 1.165) is 16.8 Å². The Balaban J connectivity index is 2.35. The second kappa shape index (κ2) is 5.73. The standard InChI is InChI=1S/C15H14Cl2N2O/c1-8-3-4-9(2)13(5-8)19-15(20)11-6-10(18)7-12(16)14(11)17/h3-7H,18H2,1-2H3,(H,19,20). The van der Waals surface area contributed by atoms with Gasteiger partial charge in [-0.25, -0.2) is 0 Å². The molecule has 0 heterocycles. The van der Waals surface area contributed by atoms with E-state index in [1.165, 1.54) is 12.1 Å². The number of halogens is 2. The summed E-state index contributed by atoms with van der Waals surface area (Å²) in [5, 5.41) is 3.28. The molecule has 104 valence electrons. The summed E-state index contributed by atoms with van der Waals surface area (Å²) in [6.45, 7) is 3.88. The first kappa shape index (κ1) is 14.7. The lowest BCUT2D eigenvalue weighted by Gasteiger charge is -2.11. The van der Waals surface area contributed by atoms with E-state index in [4.69, 9.17) is 28.9 Å². The van der Waals surface area contributed by atoms with Crippen LogP contribution in [-0.4, -0.2) is 5.91 Å². The van der Waals surface area contributed by atoms with E-state index in [2.05, 4.69) is 5.32 Å². The highest BCUT2D eigenvalue weighted by atomic mass is 35.5. The number of anilines is 2. The highest BCUT2D eigenvalue weighted by molar-refractivity contribution is 6.44. The van der Waals surface area contributed by atoms with Crippen molar-refractivity contribution in [3.8, 4) is 0 Å². The van der Waals surface area contributed by atoms with Gasteiger partial charge in [0.1, 0.15) is 0 Å². The number of nitrogens with one attached hydrogen (secondary N) is 1. The average Bonchev–Trinajstić information content (AvgIpc) is 2.38. The summed E-state index contributed by atoms with van der Waals surface area (Å²) in [6.07, 6.45) is 0. The lowest BCUT2D eigenvalue weighted by atomic mass is 10.1. The lowest BCUT2D eigenvalue weighted by molar-refractivity contribution is 0.102. The van der Waals surface area contributed by atoms with Crippen LogP contribution in [0.15, 0.2) is 30.3 Å². The van der Waals surface area contributed by atoms with Gasteiger partial charge in [-0.3, -0.25) is 4.79 Å². The maximum Gasteiger partial charge on any atom is 0.257 e. The van der Waals surface area contributed by atoms with E-state index >= 15 is 0 Å². The Kier molecular flexibility index (Phi) is 4.21. The van der Waals surface area contributed by atoms with Crippen molar-refractivity contribution in [3.63, 3.8) is 0 Å². The van der Waals surface area contributed by atoms with Crippen LogP contribution in [-0.2, 0) is 0 Å². The number of amides is 1. The van der Waals surface area contributed by atoms with Crippen LogP contribution in [0.2, 0.25) is 10.0 Å². The Labute approximate surface area is 127 Å². The van der Waals surface area contributed by atoms with Crippen LogP contribution in [0.5, 0.6) is 0 Å². The van der Waals surface area contributed by atoms with Gasteiger partial charge in [0.15, 0.2) is 0 Å². The van der Waals surface area contributed by atoms with Crippen LogP contribution in [0.25, 0.3) is 0 Å². The minimum Gasteiger partial charge on any atom is -0.399 e. The molecule has 0 saturated carbocycles. The molecule has 2 rings (SSSR count). The van der Waals surface area contributed by atoms with E-state index in [1.54, 1.807) is 0 Å². The Morgan fingerprint density at radius 2 is 1.85 bits per heavy atom. The molecule has 0 spiro atoms. The van der Waals surface area contributed by atoms with Gasteiger partial charge in [-0.05, 0) is 43.2 Å². The lowest BCUT2D eigenvalue weighted by Crippen LogP contribution is -2.14. The van der Waals surface area contributed by atoms with Crippen molar-refractivity contribution < 1.29 is 4.79 Å². The molecule has 1 amide bonds. The first-order valence-electron chi connectivity index (χ1n) is 6.01. The summed E-state index contributed by atoms with van der Waals surface area (Å²) in [5.41, 5.74) is 9.11. The normalized spacial score (nSPS) is 10.4. The molecule has 0 atom stereocenters. The van der Waals surface area contributed by atoms with Gasteiger partial charge in [0, 0.05) is 11.4 Å². The molecule has 0 aliphatic heterocycles. The summed E-state index contributed by atoms with van der Waals surface area (Å²) in [4.78, 5) is 12.3. The van der Waals surface area contributed by atoms with E-state index in [9.17, 15) is 4.79 Å². The predicted molar refractivity (Wildman–Crippen MR) is 84.7 cm³/mol. The van der Waals surface area contributed by atoms with Crippen molar-refractivity contribution in [3.05, 3.63) is 57.1 Å². The Morgan fingerprint density at radius 1 is 1.15 bits per heavy atom. The molecular formula is C15H14Cl2N2O. The number of carbonyl (C=O) groups excluding carboxylic acids is 1. The second-order valence-corrected chi connectivity index (χ2v) is 5.42. The number of nitrogen functional groups attached to an aromatic ring is 1. The third-order valence-corrected chi connectivity index (χ3v) is 3.74. The molecule has 0 saturated heterocycles. The fraction of sp³-hybridized carbons (Fsp3) is 0.133. The Morgan fingerprint density at radius 3 is 2.55 bits per heavy atom. The zero-order valence-corrected chi connectivity index (χ0v) is 12.6. The minimum absolute atomic E-state index is 0.198. The third-order valence-electron chi connectivity index (χ3n) is 2.94. The van der Waals surface area contributed by atoms with E-state index < -0.39 is 0 Å². The number of carbonyl (C=O) groups is 1.